The summed E-state index contributed by atoms with van der Waals surface area (Å²) in [5, 5.41) is 3.48. The van der Waals surface area contributed by atoms with Gasteiger partial charge in [-0.2, -0.15) is 11.8 Å². The van der Waals surface area contributed by atoms with E-state index in [2.05, 4.69) is 70.8 Å². The Bertz CT molecular complexity index is 591. The molecule has 0 aromatic carbocycles. The molecule has 1 atom stereocenters. The highest BCUT2D eigenvalue weighted by molar-refractivity contribution is 7.99. The molecule has 2 fully saturated rings. The molecule has 0 radical (unpaired) electrons. The van der Waals surface area contributed by atoms with Crippen molar-refractivity contribution in [2.75, 3.05) is 57.9 Å². The minimum absolute atomic E-state index is 0.195. The van der Waals surface area contributed by atoms with E-state index in [1.807, 2.05) is 0 Å². The summed E-state index contributed by atoms with van der Waals surface area (Å²) in [6, 6.07) is 4.26. The van der Waals surface area contributed by atoms with Crippen LogP contribution in [0.3, 0.4) is 0 Å². The summed E-state index contributed by atoms with van der Waals surface area (Å²) in [5.41, 5.74) is 1.48. The molecule has 1 unspecified atom stereocenters. The van der Waals surface area contributed by atoms with Crippen LogP contribution in [0.2, 0.25) is 0 Å². The predicted octanol–water partition coefficient (Wildman–Crippen LogP) is 1.63. The van der Waals surface area contributed by atoms with Crippen molar-refractivity contribution in [3.8, 4) is 0 Å². The molecule has 0 saturated carbocycles. The number of ether oxygens (including phenoxy) is 1. The first-order valence-electron chi connectivity index (χ1n) is 9.65. The molecule has 146 valence electrons. The van der Waals surface area contributed by atoms with Gasteiger partial charge in [-0.25, -0.2) is 0 Å². The Balaban J connectivity index is 1.71. The van der Waals surface area contributed by atoms with Crippen molar-refractivity contribution in [3.63, 3.8) is 0 Å². The van der Waals surface area contributed by atoms with Crippen LogP contribution in [0.1, 0.15) is 19.0 Å². The maximum Gasteiger partial charge on any atom is 0.194 e. The summed E-state index contributed by atoms with van der Waals surface area (Å²) in [7, 11) is 4.22. The van der Waals surface area contributed by atoms with Crippen LogP contribution in [-0.2, 0) is 18.3 Å². The molecular formula is C19H33N5OS. The maximum absolute atomic E-state index is 5.57. The largest absolute Gasteiger partial charge is 0.379 e. The molecule has 7 heteroatoms. The predicted molar refractivity (Wildman–Crippen MR) is 110 cm³/mol. The highest BCUT2D eigenvalue weighted by Gasteiger charge is 2.40. The summed E-state index contributed by atoms with van der Waals surface area (Å²) >= 11 is 2.06. The minimum atomic E-state index is 0.195. The zero-order valence-electron chi connectivity index (χ0n) is 16.4. The molecule has 6 nitrogen and oxygen atoms in total. The number of hydrogen-bond donors (Lipinski definition) is 1. The van der Waals surface area contributed by atoms with Crippen molar-refractivity contribution in [2.45, 2.75) is 25.4 Å². The van der Waals surface area contributed by atoms with Crippen LogP contribution in [-0.4, -0.2) is 83.8 Å². The van der Waals surface area contributed by atoms with E-state index in [0.717, 1.165) is 51.9 Å². The number of aliphatic imine (C=N–C) groups is 1. The second kappa shape index (κ2) is 9.15. The van der Waals surface area contributed by atoms with Crippen LogP contribution >= 0.6 is 11.8 Å². The summed E-state index contributed by atoms with van der Waals surface area (Å²) in [6.07, 6.45) is 3.32. The van der Waals surface area contributed by atoms with E-state index < -0.39 is 0 Å². The lowest BCUT2D eigenvalue weighted by atomic mass is 9.96. The van der Waals surface area contributed by atoms with E-state index in [4.69, 9.17) is 9.73 Å². The Kier molecular flexibility index (Phi) is 6.89. The fourth-order valence-corrected chi connectivity index (χ4v) is 5.25. The van der Waals surface area contributed by atoms with Gasteiger partial charge < -0.3 is 19.5 Å². The molecule has 0 amide bonds. The van der Waals surface area contributed by atoms with Crippen LogP contribution in [0.4, 0.5) is 0 Å². The fraction of sp³-hybridized carbons (Fsp3) is 0.737. The molecule has 1 aromatic heterocycles. The highest BCUT2D eigenvalue weighted by atomic mass is 32.2. The standard InChI is InChI=1S/C19H33N5OS/c1-4-20-18(23(3)14-17-6-5-8-22(17)2)21-15-19(7-13-26-16-19)24-9-11-25-12-10-24/h5-6,8H,4,7,9-16H2,1-3H3,(H,20,21). The van der Waals surface area contributed by atoms with Crippen molar-refractivity contribution < 1.29 is 4.74 Å². The number of nitrogens with zero attached hydrogens (tertiary/aromatic N) is 4. The van der Waals surface area contributed by atoms with E-state index in [1.54, 1.807) is 0 Å². The number of hydrogen-bond acceptors (Lipinski definition) is 4. The molecule has 0 aliphatic carbocycles. The molecule has 2 aliphatic heterocycles. The minimum Gasteiger partial charge on any atom is -0.379 e. The van der Waals surface area contributed by atoms with Crippen LogP contribution < -0.4 is 5.32 Å². The Morgan fingerprint density at radius 1 is 1.42 bits per heavy atom. The smallest absolute Gasteiger partial charge is 0.194 e. The molecular weight excluding hydrogens is 346 g/mol. The zero-order valence-corrected chi connectivity index (χ0v) is 17.2. The summed E-state index contributed by atoms with van der Waals surface area (Å²) in [6.45, 7) is 8.50. The number of morpholine rings is 1. The summed E-state index contributed by atoms with van der Waals surface area (Å²) in [4.78, 5) is 9.94. The Labute approximate surface area is 162 Å². The first-order valence-corrected chi connectivity index (χ1v) is 10.8. The van der Waals surface area contributed by atoms with Crippen LogP contribution in [0, 0.1) is 0 Å². The van der Waals surface area contributed by atoms with Gasteiger partial charge in [0.2, 0.25) is 0 Å². The monoisotopic (exact) mass is 379 g/mol. The van der Waals surface area contributed by atoms with Gasteiger partial charge in [-0.15, -0.1) is 0 Å². The topological polar surface area (TPSA) is 45.0 Å². The SMILES string of the molecule is CCNC(=NCC1(N2CCOCC2)CCSC1)N(C)Cc1cccn1C. The normalized spacial score (nSPS) is 24.8. The molecule has 3 heterocycles. The Morgan fingerprint density at radius 2 is 2.23 bits per heavy atom. The van der Waals surface area contributed by atoms with E-state index in [9.17, 15) is 0 Å². The number of rotatable bonds is 6. The zero-order chi connectivity index (χ0) is 18.4. The molecule has 26 heavy (non-hydrogen) atoms. The second-order valence-electron chi connectivity index (χ2n) is 7.26. The number of nitrogens with one attached hydrogen (secondary N) is 1. The average Bonchev–Trinajstić information content (AvgIpc) is 3.30. The molecule has 1 aromatic rings. The molecule has 0 bridgehead atoms. The lowest BCUT2D eigenvalue weighted by molar-refractivity contribution is -0.0105. The summed E-state index contributed by atoms with van der Waals surface area (Å²) < 4.78 is 7.74. The number of aryl methyl sites for hydroxylation is 1. The average molecular weight is 380 g/mol. The fourth-order valence-electron chi connectivity index (χ4n) is 3.78. The van der Waals surface area contributed by atoms with Gasteiger partial charge in [0.15, 0.2) is 5.96 Å². The van der Waals surface area contributed by atoms with Crippen molar-refractivity contribution in [1.82, 2.24) is 19.7 Å². The molecule has 0 spiro atoms. The van der Waals surface area contributed by atoms with Gasteiger partial charge in [0.1, 0.15) is 0 Å². The third kappa shape index (κ3) is 4.56. The van der Waals surface area contributed by atoms with Gasteiger partial charge in [0.05, 0.1) is 31.8 Å². The molecule has 2 aliphatic rings. The quantitative estimate of drug-likeness (QED) is 0.601. The van der Waals surface area contributed by atoms with Gasteiger partial charge >= 0.3 is 0 Å². The van der Waals surface area contributed by atoms with Crippen molar-refractivity contribution in [1.29, 1.82) is 0 Å². The van der Waals surface area contributed by atoms with Gasteiger partial charge in [-0.05, 0) is 31.2 Å². The Hall–Kier alpha value is -1.18. The van der Waals surface area contributed by atoms with Crippen LogP contribution in [0.15, 0.2) is 23.3 Å². The van der Waals surface area contributed by atoms with Crippen LogP contribution in [0.5, 0.6) is 0 Å². The van der Waals surface area contributed by atoms with Crippen molar-refractivity contribution in [3.05, 3.63) is 24.0 Å². The van der Waals surface area contributed by atoms with E-state index >= 15 is 0 Å². The highest BCUT2D eigenvalue weighted by Crippen LogP contribution is 2.34. The van der Waals surface area contributed by atoms with Gasteiger partial charge in [0, 0.05) is 51.4 Å². The lowest BCUT2D eigenvalue weighted by Gasteiger charge is -2.42. The van der Waals surface area contributed by atoms with Crippen LogP contribution in [0.25, 0.3) is 0 Å². The first kappa shape index (κ1) is 19.6. The lowest BCUT2D eigenvalue weighted by Crippen LogP contribution is -2.56. The number of thioether (sulfide) groups is 1. The first-order chi connectivity index (χ1) is 12.6. The number of aromatic nitrogens is 1. The molecule has 1 N–H and O–H groups in total. The maximum atomic E-state index is 5.57. The molecule has 3 rings (SSSR count). The van der Waals surface area contributed by atoms with E-state index in [1.165, 1.54) is 23.6 Å². The van der Waals surface area contributed by atoms with Gasteiger partial charge in [-0.1, -0.05) is 0 Å². The third-order valence-corrected chi connectivity index (χ3v) is 6.67. The number of guanidine groups is 1. The third-order valence-electron chi connectivity index (χ3n) is 5.43. The second-order valence-corrected chi connectivity index (χ2v) is 8.37. The van der Waals surface area contributed by atoms with E-state index in [0.29, 0.717) is 0 Å². The summed E-state index contributed by atoms with van der Waals surface area (Å²) in [5.74, 6) is 3.42. The van der Waals surface area contributed by atoms with E-state index in [-0.39, 0.29) is 5.54 Å². The molecule has 2 saturated heterocycles. The van der Waals surface area contributed by atoms with Gasteiger partial charge in [-0.3, -0.25) is 9.89 Å². The van der Waals surface area contributed by atoms with Crippen molar-refractivity contribution in [2.24, 2.45) is 12.0 Å². The van der Waals surface area contributed by atoms with Gasteiger partial charge in [0.25, 0.3) is 0 Å². The van der Waals surface area contributed by atoms with Crippen molar-refractivity contribution >= 4 is 17.7 Å². The Morgan fingerprint density at radius 3 is 2.85 bits per heavy atom.